The molecule has 0 aromatic carbocycles. The van der Waals surface area contributed by atoms with Crippen LogP contribution in [0.5, 0.6) is 0 Å². The second-order valence-electron chi connectivity index (χ2n) is 1.50. The molecule has 0 unspecified atom stereocenters. The molecular formula is C4H7N3O. The summed E-state index contributed by atoms with van der Waals surface area (Å²) in [6.07, 6.45) is 0. The Bertz CT molecular complexity index is 131. The van der Waals surface area contributed by atoms with Gasteiger partial charge in [-0.05, 0) is 6.92 Å². The Labute approximate surface area is 47.2 Å². The molecule has 0 saturated carbocycles. The third kappa shape index (κ3) is 0.685. The van der Waals surface area contributed by atoms with Gasteiger partial charge in [0.25, 0.3) is 5.91 Å². The Hall–Kier alpha value is -0.930. The lowest BCUT2D eigenvalue weighted by atomic mass is 10.6. The van der Waals surface area contributed by atoms with Gasteiger partial charge in [0.05, 0.1) is 0 Å². The number of hydrogen-bond acceptors (Lipinski definition) is 3. The summed E-state index contributed by atoms with van der Waals surface area (Å²) in [5.41, 5.74) is 0. The maximum Gasteiger partial charge on any atom is 0.267 e. The number of amides is 1. The Morgan fingerprint density at radius 3 is 2.88 bits per heavy atom. The van der Waals surface area contributed by atoms with Crippen molar-refractivity contribution in [2.75, 3.05) is 13.1 Å². The molecule has 0 atom stereocenters. The molecular weight excluding hydrogens is 106 g/mol. The smallest absolute Gasteiger partial charge is 0.267 e. The van der Waals surface area contributed by atoms with Crippen molar-refractivity contribution < 1.29 is 4.79 Å². The highest BCUT2D eigenvalue weighted by molar-refractivity contribution is 5.78. The first kappa shape index (κ1) is 5.21. The first-order valence-corrected chi connectivity index (χ1v) is 2.52. The van der Waals surface area contributed by atoms with E-state index < -0.39 is 0 Å². The van der Waals surface area contributed by atoms with Crippen LogP contribution in [-0.4, -0.2) is 24.0 Å². The Morgan fingerprint density at radius 2 is 2.62 bits per heavy atom. The van der Waals surface area contributed by atoms with Gasteiger partial charge in [-0.15, -0.1) is 0 Å². The minimum absolute atomic E-state index is 0.00694. The van der Waals surface area contributed by atoms with Crippen LogP contribution in [0.15, 0.2) is 10.3 Å². The van der Waals surface area contributed by atoms with Gasteiger partial charge in [0, 0.05) is 6.54 Å². The van der Waals surface area contributed by atoms with Gasteiger partial charge in [0.2, 0.25) is 0 Å². The fourth-order valence-corrected chi connectivity index (χ4v) is 0.540. The molecule has 1 aliphatic heterocycles. The summed E-state index contributed by atoms with van der Waals surface area (Å²) >= 11 is 0. The lowest BCUT2D eigenvalue weighted by Crippen LogP contribution is -2.21. The third-order valence-corrected chi connectivity index (χ3v) is 0.965. The Balaban J connectivity index is 2.53. The molecule has 0 radical (unpaired) electrons. The van der Waals surface area contributed by atoms with E-state index >= 15 is 0 Å². The summed E-state index contributed by atoms with van der Waals surface area (Å²) < 4.78 is 0. The number of likely N-dealkylation sites (N-methyl/N-ethyl adjacent to an activating group) is 1. The highest BCUT2D eigenvalue weighted by Gasteiger charge is 2.14. The molecule has 0 saturated heterocycles. The van der Waals surface area contributed by atoms with Crippen molar-refractivity contribution >= 4 is 5.91 Å². The van der Waals surface area contributed by atoms with Crippen molar-refractivity contribution in [3.05, 3.63) is 0 Å². The summed E-state index contributed by atoms with van der Waals surface area (Å²) in [6.45, 7) is 2.72. The molecule has 0 spiro atoms. The Morgan fingerprint density at radius 1 is 1.88 bits per heavy atom. The monoisotopic (exact) mass is 113 g/mol. The molecule has 1 aliphatic rings. The van der Waals surface area contributed by atoms with Crippen LogP contribution in [0.3, 0.4) is 0 Å². The zero-order valence-electron chi connectivity index (χ0n) is 4.66. The fraction of sp³-hybridized carbons (Fsp3) is 0.750. The lowest BCUT2D eigenvalue weighted by molar-refractivity contribution is -0.127. The van der Waals surface area contributed by atoms with E-state index in [0.717, 1.165) is 0 Å². The Kier molecular flexibility index (Phi) is 1.24. The van der Waals surface area contributed by atoms with E-state index in [1.165, 1.54) is 5.01 Å². The highest BCUT2D eigenvalue weighted by Crippen LogP contribution is 1.99. The van der Waals surface area contributed by atoms with E-state index in [4.69, 9.17) is 0 Å². The molecule has 1 amide bonds. The number of hydrogen-bond donors (Lipinski definition) is 0. The van der Waals surface area contributed by atoms with Gasteiger partial charge in [-0.1, -0.05) is 5.22 Å². The number of nitrogens with zero attached hydrogens (tertiary/aromatic N) is 3. The molecule has 0 aliphatic carbocycles. The zero-order valence-corrected chi connectivity index (χ0v) is 4.66. The van der Waals surface area contributed by atoms with Crippen molar-refractivity contribution in [2.24, 2.45) is 10.3 Å². The van der Waals surface area contributed by atoms with Gasteiger partial charge in [-0.2, -0.15) is 5.11 Å². The van der Waals surface area contributed by atoms with Gasteiger partial charge in [-0.25, -0.2) is 5.01 Å². The predicted molar refractivity (Wildman–Crippen MR) is 27.1 cm³/mol. The van der Waals surface area contributed by atoms with Crippen LogP contribution in [-0.2, 0) is 4.79 Å². The summed E-state index contributed by atoms with van der Waals surface area (Å²) in [4.78, 5) is 10.5. The quantitative estimate of drug-likeness (QED) is 0.479. The molecule has 0 bridgehead atoms. The highest BCUT2D eigenvalue weighted by atomic mass is 16.2. The van der Waals surface area contributed by atoms with E-state index in [9.17, 15) is 4.79 Å². The topological polar surface area (TPSA) is 45.0 Å². The molecule has 0 fully saturated rings. The van der Waals surface area contributed by atoms with E-state index in [1.807, 2.05) is 6.92 Å². The average Bonchev–Trinajstić information content (AvgIpc) is 2.14. The summed E-state index contributed by atoms with van der Waals surface area (Å²) in [6, 6.07) is 0. The van der Waals surface area contributed by atoms with Gasteiger partial charge in [0.15, 0.2) is 0 Å². The van der Waals surface area contributed by atoms with Crippen molar-refractivity contribution in [1.82, 2.24) is 5.01 Å². The van der Waals surface area contributed by atoms with Gasteiger partial charge in [-0.3, -0.25) is 4.79 Å². The normalized spacial score (nSPS) is 18.1. The second-order valence-corrected chi connectivity index (χ2v) is 1.50. The SMILES string of the molecule is CCN1N=NCC1=O. The van der Waals surface area contributed by atoms with Crippen molar-refractivity contribution in [3.8, 4) is 0 Å². The lowest BCUT2D eigenvalue weighted by Gasteiger charge is -2.02. The van der Waals surface area contributed by atoms with Crippen LogP contribution in [0.2, 0.25) is 0 Å². The molecule has 1 heterocycles. The maximum atomic E-state index is 10.5. The number of rotatable bonds is 1. The number of carbonyl (C=O) groups is 1. The largest absolute Gasteiger partial charge is 0.271 e. The zero-order chi connectivity index (χ0) is 5.98. The van der Waals surface area contributed by atoms with Crippen LogP contribution in [0.25, 0.3) is 0 Å². The molecule has 4 heteroatoms. The van der Waals surface area contributed by atoms with E-state index in [2.05, 4.69) is 10.3 Å². The molecule has 44 valence electrons. The molecule has 0 aromatic heterocycles. The molecule has 0 N–H and O–H groups in total. The number of carbonyl (C=O) groups excluding carboxylic acids is 1. The van der Waals surface area contributed by atoms with Crippen molar-refractivity contribution in [2.45, 2.75) is 6.92 Å². The fourth-order valence-electron chi connectivity index (χ4n) is 0.540. The van der Waals surface area contributed by atoms with E-state index in [0.29, 0.717) is 6.54 Å². The predicted octanol–water partition coefficient (Wildman–Crippen LogP) is 0.216. The molecule has 4 nitrogen and oxygen atoms in total. The second kappa shape index (κ2) is 1.90. The molecule has 0 aromatic rings. The summed E-state index contributed by atoms with van der Waals surface area (Å²) in [5.74, 6) is -0.00694. The molecule has 1 rings (SSSR count). The third-order valence-electron chi connectivity index (χ3n) is 0.965. The maximum absolute atomic E-state index is 10.5. The van der Waals surface area contributed by atoms with Gasteiger partial charge < -0.3 is 0 Å². The standard InChI is InChI=1S/C4H7N3O/c1-2-7-4(8)3-5-6-7/h2-3H2,1H3. The summed E-state index contributed by atoms with van der Waals surface area (Å²) in [7, 11) is 0. The minimum atomic E-state index is -0.00694. The van der Waals surface area contributed by atoms with Crippen LogP contribution < -0.4 is 0 Å². The van der Waals surface area contributed by atoms with Crippen LogP contribution in [0.1, 0.15) is 6.92 Å². The van der Waals surface area contributed by atoms with Crippen molar-refractivity contribution in [3.63, 3.8) is 0 Å². The van der Waals surface area contributed by atoms with Crippen LogP contribution in [0, 0.1) is 0 Å². The van der Waals surface area contributed by atoms with E-state index in [-0.39, 0.29) is 12.5 Å². The van der Waals surface area contributed by atoms with Crippen LogP contribution >= 0.6 is 0 Å². The first-order valence-electron chi connectivity index (χ1n) is 2.52. The average molecular weight is 113 g/mol. The van der Waals surface area contributed by atoms with Crippen LogP contribution in [0.4, 0.5) is 0 Å². The summed E-state index contributed by atoms with van der Waals surface area (Å²) in [5, 5.41) is 8.41. The van der Waals surface area contributed by atoms with E-state index in [1.54, 1.807) is 0 Å². The first-order chi connectivity index (χ1) is 3.84. The minimum Gasteiger partial charge on any atom is -0.271 e. The van der Waals surface area contributed by atoms with Gasteiger partial charge in [0.1, 0.15) is 6.54 Å². The van der Waals surface area contributed by atoms with Crippen molar-refractivity contribution in [1.29, 1.82) is 0 Å². The molecule has 8 heavy (non-hydrogen) atoms. The van der Waals surface area contributed by atoms with Gasteiger partial charge >= 0.3 is 0 Å².